The highest BCUT2D eigenvalue weighted by molar-refractivity contribution is 5.00. The summed E-state index contributed by atoms with van der Waals surface area (Å²) in [5, 5.41) is 0. The first-order valence-corrected chi connectivity index (χ1v) is 9.75. The molecule has 4 aliphatic rings. The van der Waals surface area contributed by atoms with Gasteiger partial charge >= 0.3 is 0 Å². The second-order valence-corrected chi connectivity index (χ2v) is 8.96. The lowest BCUT2D eigenvalue weighted by molar-refractivity contribution is -0.0810. The molecule has 0 nitrogen and oxygen atoms in total. The fraction of sp³-hybridized carbons (Fsp3) is 1.00. The van der Waals surface area contributed by atoms with Gasteiger partial charge in [0.2, 0.25) is 0 Å². The van der Waals surface area contributed by atoms with E-state index in [1.54, 1.807) is 44.9 Å². The average Bonchev–Trinajstić information content (AvgIpc) is 2.47. The zero-order valence-electron chi connectivity index (χ0n) is 13.7. The molecule has 0 radical (unpaired) electrons. The third kappa shape index (κ3) is 2.08. The first kappa shape index (κ1) is 13.6. The van der Waals surface area contributed by atoms with Crippen LogP contribution in [-0.2, 0) is 0 Å². The van der Waals surface area contributed by atoms with E-state index in [1.807, 2.05) is 0 Å². The molecule has 114 valence electrons. The molecule has 0 amide bonds. The van der Waals surface area contributed by atoms with E-state index in [4.69, 9.17) is 0 Å². The molecule has 0 N–H and O–H groups in total. The Labute approximate surface area is 126 Å². The van der Waals surface area contributed by atoms with Gasteiger partial charge in [0.05, 0.1) is 0 Å². The topological polar surface area (TPSA) is 0 Å². The molecule has 0 spiro atoms. The third-order valence-corrected chi connectivity index (χ3v) is 8.17. The molecule has 0 heterocycles. The molecule has 0 bridgehead atoms. The summed E-state index contributed by atoms with van der Waals surface area (Å²) >= 11 is 0. The van der Waals surface area contributed by atoms with Gasteiger partial charge in [-0.15, -0.1) is 0 Å². The van der Waals surface area contributed by atoms with Gasteiger partial charge in [0.1, 0.15) is 0 Å². The maximum absolute atomic E-state index is 2.67. The summed E-state index contributed by atoms with van der Waals surface area (Å²) in [7, 11) is 0. The second-order valence-electron chi connectivity index (χ2n) is 8.96. The molecule has 4 aliphatic carbocycles. The minimum Gasteiger partial charge on any atom is -0.0622 e. The maximum atomic E-state index is 2.67. The molecule has 0 saturated heterocycles. The van der Waals surface area contributed by atoms with Crippen molar-refractivity contribution >= 4 is 0 Å². The van der Waals surface area contributed by atoms with Gasteiger partial charge in [0.15, 0.2) is 0 Å². The van der Waals surface area contributed by atoms with E-state index < -0.39 is 0 Å². The monoisotopic (exact) mass is 274 g/mol. The third-order valence-electron chi connectivity index (χ3n) is 8.17. The fourth-order valence-electron chi connectivity index (χ4n) is 7.59. The maximum Gasteiger partial charge on any atom is -0.0326 e. The summed E-state index contributed by atoms with van der Waals surface area (Å²) in [5.41, 5.74) is 0. The van der Waals surface area contributed by atoms with Crippen LogP contribution in [0, 0.1) is 47.3 Å². The van der Waals surface area contributed by atoms with Crippen LogP contribution in [0.1, 0.15) is 78.1 Å². The number of hydrogen-bond acceptors (Lipinski definition) is 0. The fourth-order valence-corrected chi connectivity index (χ4v) is 7.59. The van der Waals surface area contributed by atoms with Crippen molar-refractivity contribution in [3.05, 3.63) is 0 Å². The minimum absolute atomic E-state index is 1.02. The molecular weight excluding hydrogens is 240 g/mol. The Morgan fingerprint density at radius 3 is 2.20 bits per heavy atom. The highest BCUT2D eigenvalue weighted by Crippen LogP contribution is 2.59. The van der Waals surface area contributed by atoms with Crippen molar-refractivity contribution in [3.8, 4) is 0 Å². The van der Waals surface area contributed by atoms with E-state index in [2.05, 4.69) is 13.8 Å². The molecule has 4 rings (SSSR count). The van der Waals surface area contributed by atoms with Gasteiger partial charge in [-0.3, -0.25) is 0 Å². The van der Waals surface area contributed by atoms with E-state index in [9.17, 15) is 0 Å². The van der Waals surface area contributed by atoms with E-state index in [1.165, 1.54) is 19.3 Å². The minimum atomic E-state index is 1.02. The molecule has 4 fully saturated rings. The van der Waals surface area contributed by atoms with Crippen molar-refractivity contribution in [1.82, 2.24) is 0 Å². The molecule has 0 aromatic heterocycles. The Balaban J connectivity index is 1.59. The van der Waals surface area contributed by atoms with Crippen LogP contribution < -0.4 is 0 Å². The second kappa shape index (κ2) is 5.33. The number of hydrogen-bond donors (Lipinski definition) is 0. The Morgan fingerprint density at radius 1 is 0.600 bits per heavy atom. The zero-order valence-corrected chi connectivity index (χ0v) is 13.7. The van der Waals surface area contributed by atoms with Crippen LogP contribution in [0.15, 0.2) is 0 Å². The molecule has 0 aliphatic heterocycles. The van der Waals surface area contributed by atoms with Crippen LogP contribution in [0.4, 0.5) is 0 Å². The van der Waals surface area contributed by atoms with Crippen LogP contribution in [0.2, 0.25) is 0 Å². The molecular formula is C20H34. The molecule has 0 heteroatoms. The molecule has 0 aromatic carbocycles. The summed E-state index contributed by atoms with van der Waals surface area (Å²) in [5.74, 6) is 8.76. The van der Waals surface area contributed by atoms with E-state index in [0.717, 1.165) is 47.3 Å². The SMILES string of the molecule is CC1CCCC2CC3CCC4CCCCC4C3C(C)C12. The summed E-state index contributed by atoms with van der Waals surface area (Å²) < 4.78 is 0. The Morgan fingerprint density at radius 2 is 1.30 bits per heavy atom. The van der Waals surface area contributed by atoms with Crippen molar-refractivity contribution < 1.29 is 0 Å². The molecule has 8 unspecified atom stereocenters. The van der Waals surface area contributed by atoms with E-state index >= 15 is 0 Å². The highest BCUT2D eigenvalue weighted by atomic mass is 14.6. The van der Waals surface area contributed by atoms with Gasteiger partial charge < -0.3 is 0 Å². The van der Waals surface area contributed by atoms with Crippen molar-refractivity contribution in [2.24, 2.45) is 47.3 Å². The average molecular weight is 274 g/mol. The van der Waals surface area contributed by atoms with Gasteiger partial charge in [-0.25, -0.2) is 0 Å². The first-order chi connectivity index (χ1) is 9.75. The molecule has 20 heavy (non-hydrogen) atoms. The standard InChI is InChI=1S/C20H34/c1-13-6-5-8-16-12-17-11-10-15-7-3-4-9-18(15)20(17)14(2)19(13)16/h13-20H,3-12H2,1-2H3. The van der Waals surface area contributed by atoms with Gasteiger partial charge in [0.25, 0.3) is 0 Å². The van der Waals surface area contributed by atoms with Crippen molar-refractivity contribution in [2.45, 2.75) is 78.1 Å². The van der Waals surface area contributed by atoms with Gasteiger partial charge in [0, 0.05) is 0 Å². The predicted molar refractivity (Wildman–Crippen MR) is 85.4 cm³/mol. The normalized spacial score (nSPS) is 55.5. The summed E-state index contributed by atoms with van der Waals surface area (Å²) in [6, 6.07) is 0. The van der Waals surface area contributed by atoms with Crippen molar-refractivity contribution in [1.29, 1.82) is 0 Å². The van der Waals surface area contributed by atoms with Crippen molar-refractivity contribution in [3.63, 3.8) is 0 Å². The lowest BCUT2D eigenvalue weighted by Crippen LogP contribution is -2.50. The summed E-state index contributed by atoms with van der Waals surface area (Å²) in [6.07, 6.45) is 15.7. The quantitative estimate of drug-likeness (QED) is 0.515. The van der Waals surface area contributed by atoms with Crippen LogP contribution in [0.3, 0.4) is 0 Å². The smallest absolute Gasteiger partial charge is 0.0326 e. The van der Waals surface area contributed by atoms with Crippen LogP contribution in [-0.4, -0.2) is 0 Å². The summed E-state index contributed by atoms with van der Waals surface area (Å²) in [6.45, 7) is 5.25. The number of fused-ring (bicyclic) bond motifs is 4. The van der Waals surface area contributed by atoms with E-state index in [-0.39, 0.29) is 0 Å². The molecule has 0 aromatic rings. The lowest BCUT2D eigenvalue weighted by atomic mass is 9.48. The zero-order chi connectivity index (χ0) is 13.7. The largest absolute Gasteiger partial charge is 0.0622 e. The Bertz CT molecular complexity index is 346. The Kier molecular flexibility index (Phi) is 3.63. The lowest BCUT2D eigenvalue weighted by Gasteiger charge is -2.57. The predicted octanol–water partition coefficient (Wildman–Crippen LogP) is 5.91. The highest BCUT2D eigenvalue weighted by Gasteiger charge is 2.51. The first-order valence-electron chi connectivity index (χ1n) is 9.75. The van der Waals surface area contributed by atoms with Gasteiger partial charge in [-0.05, 0) is 73.0 Å². The van der Waals surface area contributed by atoms with Crippen LogP contribution in [0.5, 0.6) is 0 Å². The summed E-state index contributed by atoms with van der Waals surface area (Å²) in [4.78, 5) is 0. The van der Waals surface area contributed by atoms with E-state index in [0.29, 0.717) is 0 Å². The van der Waals surface area contributed by atoms with Gasteiger partial charge in [-0.1, -0.05) is 52.4 Å². The Hall–Kier alpha value is 0. The number of rotatable bonds is 0. The van der Waals surface area contributed by atoms with Crippen LogP contribution in [0.25, 0.3) is 0 Å². The molecule has 4 saturated carbocycles. The van der Waals surface area contributed by atoms with Crippen molar-refractivity contribution in [2.75, 3.05) is 0 Å². The van der Waals surface area contributed by atoms with Crippen LogP contribution >= 0.6 is 0 Å². The molecule has 8 atom stereocenters. The van der Waals surface area contributed by atoms with Gasteiger partial charge in [-0.2, -0.15) is 0 Å².